The van der Waals surface area contributed by atoms with E-state index in [1.165, 1.54) is 11.3 Å². The third-order valence-corrected chi connectivity index (χ3v) is 7.65. The molecule has 1 atom stereocenters. The van der Waals surface area contributed by atoms with Gasteiger partial charge in [0.05, 0.1) is 5.41 Å². The topological polar surface area (TPSA) is 78.0 Å². The highest BCUT2D eigenvalue weighted by atomic mass is 16.2. The highest BCUT2D eigenvalue weighted by Gasteiger charge is 2.54. The van der Waals surface area contributed by atoms with Gasteiger partial charge in [-0.15, -0.1) is 0 Å². The van der Waals surface area contributed by atoms with Gasteiger partial charge in [-0.25, -0.2) is 0 Å². The Bertz CT molecular complexity index is 896. The Morgan fingerprint density at radius 2 is 1.58 bits per heavy atom. The normalized spacial score (nSPS) is 24.8. The summed E-state index contributed by atoms with van der Waals surface area (Å²) in [5.41, 5.74) is -0.403. The minimum absolute atomic E-state index is 0.0111. The maximum absolute atomic E-state index is 13.8. The molecule has 33 heavy (non-hydrogen) atoms. The predicted molar refractivity (Wildman–Crippen MR) is 124 cm³/mol. The maximum atomic E-state index is 13.8. The standard InChI is InChI=1S/C26H35N3O4/c1-20(30)27-13-8-14-28(16-15-27)23(31)17-26(22-11-6-3-7-12-22)18-24(32)29(25(26)33)19-21-9-4-2-5-10-21/h3,6-7,11-12,21H,2,4-5,8-10,13-19H2,1H3/t26-/m1/s1. The zero-order valence-electron chi connectivity index (χ0n) is 19.6. The maximum Gasteiger partial charge on any atom is 0.240 e. The second-order valence-electron chi connectivity index (χ2n) is 9.86. The van der Waals surface area contributed by atoms with E-state index in [-0.39, 0.29) is 36.5 Å². The molecule has 4 amide bonds. The molecule has 2 saturated heterocycles. The first-order chi connectivity index (χ1) is 15.9. The van der Waals surface area contributed by atoms with Crippen LogP contribution in [0.5, 0.6) is 0 Å². The summed E-state index contributed by atoms with van der Waals surface area (Å²) in [4.78, 5) is 57.1. The lowest BCUT2D eigenvalue weighted by Gasteiger charge is -2.31. The first-order valence-electron chi connectivity index (χ1n) is 12.3. The molecule has 0 unspecified atom stereocenters. The average Bonchev–Trinajstić information content (AvgIpc) is 2.99. The van der Waals surface area contributed by atoms with Gasteiger partial charge in [0, 0.05) is 52.5 Å². The van der Waals surface area contributed by atoms with Crippen molar-refractivity contribution in [1.29, 1.82) is 0 Å². The molecule has 0 radical (unpaired) electrons. The summed E-state index contributed by atoms with van der Waals surface area (Å²) < 4.78 is 0. The van der Waals surface area contributed by atoms with E-state index in [1.807, 2.05) is 30.3 Å². The molecule has 4 rings (SSSR count). The summed E-state index contributed by atoms with van der Waals surface area (Å²) in [6, 6.07) is 9.33. The fourth-order valence-corrected chi connectivity index (χ4v) is 5.69. The molecule has 3 aliphatic rings. The van der Waals surface area contributed by atoms with Crippen LogP contribution in [0.25, 0.3) is 0 Å². The molecule has 1 aromatic carbocycles. The second-order valence-corrected chi connectivity index (χ2v) is 9.86. The summed E-state index contributed by atoms with van der Waals surface area (Å²) in [5, 5.41) is 0. The van der Waals surface area contributed by atoms with E-state index in [4.69, 9.17) is 0 Å². The van der Waals surface area contributed by atoms with Crippen LogP contribution in [-0.4, -0.2) is 71.1 Å². The van der Waals surface area contributed by atoms with Gasteiger partial charge >= 0.3 is 0 Å². The zero-order valence-corrected chi connectivity index (χ0v) is 19.6. The van der Waals surface area contributed by atoms with Crippen LogP contribution >= 0.6 is 0 Å². The molecular formula is C26H35N3O4. The first-order valence-corrected chi connectivity index (χ1v) is 12.3. The highest BCUT2D eigenvalue weighted by Crippen LogP contribution is 2.41. The molecular weight excluding hydrogens is 418 g/mol. The summed E-state index contributed by atoms with van der Waals surface area (Å²) in [6.45, 7) is 4.16. The Morgan fingerprint density at radius 1 is 0.909 bits per heavy atom. The van der Waals surface area contributed by atoms with Gasteiger partial charge in [-0.1, -0.05) is 49.6 Å². The molecule has 2 heterocycles. The number of likely N-dealkylation sites (tertiary alicyclic amines) is 1. The lowest BCUT2D eigenvalue weighted by atomic mass is 9.75. The molecule has 1 aliphatic carbocycles. The van der Waals surface area contributed by atoms with Crippen LogP contribution in [0.15, 0.2) is 30.3 Å². The van der Waals surface area contributed by atoms with Gasteiger partial charge < -0.3 is 9.80 Å². The quantitative estimate of drug-likeness (QED) is 0.643. The minimum Gasteiger partial charge on any atom is -0.341 e. The average molecular weight is 454 g/mol. The van der Waals surface area contributed by atoms with E-state index in [0.717, 1.165) is 31.2 Å². The minimum atomic E-state index is -1.14. The molecule has 178 valence electrons. The lowest BCUT2D eigenvalue weighted by Crippen LogP contribution is -2.45. The molecule has 7 nitrogen and oxygen atoms in total. The number of benzene rings is 1. The predicted octanol–water partition coefficient (Wildman–Crippen LogP) is 2.73. The van der Waals surface area contributed by atoms with Crippen LogP contribution in [0.1, 0.15) is 63.9 Å². The van der Waals surface area contributed by atoms with Crippen molar-refractivity contribution in [2.24, 2.45) is 5.92 Å². The lowest BCUT2D eigenvalue weighted by molar-refractivity contribution is -0.143. The van der Waals surface area contributed by atoms with Crippen molar-refractivity contribution in [2.45, 2.75) is 63.7 Å². The summed E-state index contributed by atoms with van der Waals surface area (Å²) in [7, 11) is 0. The van der Waals surface area contributed by atoms with Gasteiger partial charge in [0.25, 0.3) is 0 Å². The van der Waals surface area contributed by atoms with Crippen molar-refractivity contribution < 1.29 is 19.2 Å². The van der Waals surface area contributed by atoms with Crippen molar-refractivity contribution in [1.82, 2.24) is 14.7 Å². The van der Waals surface area contributed by atoms with Crippen LogP contribution in [-0.2, 0) is 24.6 Å². The number of carbonyl (C=O) groups is 4. The molecule has 3 fully saturated rings. The number of amides is 4. The molecule has 2 aliphatic heterocycles. The van der Waals surface area contributed by atoms with E-state index in [0.29, 0.717) is 45.1 Å². The number of rotatable bonds is 5. The van der Waals surface area contributed by atoms with E-state index in [2.05, 4.69) is 0 Å². The van der Waals surface area contributed by atoms with Crippen molar-refractivity contribution in [3.8, 4) is 0 Å². The Kier molecular flexibility index (Phi) is 7.15. The number of imide groups is 1. The smallest absolute Gasteiger partial charge is 0.240 e. The molecule has 1 aromatic rings. The van der Waals surface area contributed by atoms with Gasteiger partial charge in [-0.05, 0) is 30.7 Å². The van der Waals surface area contributed by atoms with Crippen molar-refractivity contribution in [3.05, 3.63) is 35.9 Å². The van der Waals surface area contributed by atoms with Gasteiger partial charge in [-0.3, -0.25) is 24.1 Å². The Labute approximate surface area is 196 Å². The van der Waals surface area contributed by atoms with Gasteiger partial charge in [0.2, 0.25) is 23.6 Å². The molecule has 0 spiro atoms. The third-order valence-electron chi connectivity index (χ3n) is 7.65. The van der Waals surface area contributed by atoms with Crippen LogP contribution in [0, 0.1) is 5.92 Å². The first kappa shape index (κ1) is 23.5. The monoisotopic (exact) mass is 453 g/mol. The number of nitrogens with zero attached hydrogens (tertiary/aromatic N) is 3. The number of hydrogen-bond acceptors (Lipinski definition) is 4. The fraction of sp³-hybridized carbons (Fsp3) is 0.615. The van der Waals surface area contributed by atoms with Crippen LogP contribution in [0.3, 0.4) is 0 Å². The van der Waals surface area contributed by atoms with Crippen LogP contribution < -0.4 is 0 Å². The van der Waals surface area contributed by atoms with E-state index >= 15 is 0 Å². The summed E-state index contributed by atoms with van der Waals surface area (Å²) in [5.74, 6) is -0.138. The molecule has 0 N–H and O–H groups in total. The Hall–Kier alpha value is -2.70. The van der Waals surface area contributed by atoms with Crippen molar-refractivity contribution in [3.63, 3.8) is 0 Å². The number of carbonyl (C=O) groups excluding carboxylic acids is 4. The molecule has 1 saturated carbocycles. The van der Waals surface area contributed by atoms with E-state index < -0.39 is 5.41 Å². The summed E-state index contributed by atoms with van der Waals surface area (Å²) >= 11 is 0. The largest absolute Gasteiger partial charge is 0.341 e. The summed E-state index contributed by atoms with van der Waals surface area (Å²) in [6.07, 6.45) is 6.36. The molecule has 0 aromatic heterocycles. The number of hydrogen-bond donors (Lipinski definition) is 0. The van der Waals surface area contributed by atoms with Crippen LogP contribution in [0.2, 0.25) is 0 Å². The van der Waals surface area contributed by atoms with Crippen molar-refractivity contribution in [2.75, 3.05) is 32.7 Å². The van der Waals surface area contributed by atoms with E-state index in [1.54, 1.807) is 16.7 Å². The van der Waals surface area contributed by atoms with Gasteiger partial charge in [0.1, 0.15) is 0 Å². The Balaban J connectivity index is 1.55. The zero-order chi connectivity index (χ0) is 23.4. The third kappa shape index (κ3) is 4.97. The molecule has 7 heteroatoms. The van der Waals surface area contributed by atoms with Crippen LogP contribution in [0.4, 0.5) is 0 Å². The molecule has 0 bridgehead atoms. The van der Waals surface area contributed by atoms with Crippen molar-refractivity contribution >= 4 is 23.6 Å². The van der Waals surface area contributed by atoms with E-state index in [9.17, 15) is 19.2 Å². The SMILES string of the molecule is CC(=O)N1CCCN(C(=O)C[C@]2(c3ccccc3)CC(=O)N(CC3CCCCC3)C2=O)CC1. The van der Waals surface area contributed by atoms with Gasteiger partial charge in [-0.2, -0.15) is 0 Å². The Morgan fingerprint density at radius 3 is 2.27 bits per heavy atom. The second kappa shape index (κ2) is 10.1. The fourth-order valence-electron chi connectivity index (χ4n) is 5.69. The van der Waals surface area contributed by atoms with Gasteiger partial charge in [0.15, 0.2) is 0 Å². The highest BCUT2D eigenvalue weighted by molar-refractivity contribution is 6.10.